The van der Waals surface area contributed by atoms with Crippen LogP contribution in [-0.4, -0.2) is 26.5 Å². The monoisotopic (exact) mass is 519 g/mol. The predicted molar refractivity (Wildman–Crippen MR) is 144 cm³/mol. The largest absolute Gasteiger partial charge is 0.383 e. The molecule has 0 amide bonds. The van der Waals surface area contributed by atoms with Gasteiger partial charge in [0.05, 0.1) is 52.4 Å². The van der Waals surface area contributed by atoms with Gasteiger partial charge in [-0.25, -0.2) is 9.07 Å². The fraction of sp³-hybridized carbons (Fsp3) is 0.310. The molecule has 5 rings (SSSR count). The minimum Gasteiger partial charge on any atom is -0.383 e. The van der Waals surface area contributed by atoms with Crippen molar-refractivity contribution in [1.82, 2.24) is 20.0 Å². The van der Waals surface area contributed by atoms with E-state index in [-0.39, 0.29) is 11.2 Å². The normalized spacial score (nSPS) is 14.6. The van der Waals surface area contributed by atoms with Crippen molar-refractivity contribution in [2.45, 2.75) is 45.2 Å². The second-order valence-corrected chi connectivity index (χ2v) is 11.0. The SMILES string of the molecule is CC(C)(C)CNc1c(C#N)cnc2c(N[C@@H](c3ccc(F)cc3)c3cn(C4(C#N)CC4)nn3)cc(C#N)cc12. The third-order valence-electron chi connectivity index (χ3n) is 6.70. The van der Waals surface area contributed by atoms with Crippen LogP contribution in [0.25, 0.3) is 10.9 Å². The number of pyridine rings is 1. The summed E-state index contributed by atoms with van der Waals surface area (Å²) in [6, 6.07) is 15.5. The van der Waals surface area contributed by atoms with Crippen molar-refractivity contribution in [1.29, 1.82) is 15.8 Å². The van der Waals surface area contributed by atoms with Crippen LogP contribution in [0.15, 0.2) is 48.8 Å². The molecule has 0 spiro atoms. The van der Waals surface area contributed by atoms with Crippen LogP contribution < -0.4 is 10.6 Å². The Balaban J connectivity index is 1.64. The molecule has 194 valence electrons. The van der Waals surface area contributed by atoms with Crippen molar-refractivity contribution in [2.24, 2.45) is 5.41 Å². The average molecular weight is 520 g/mol. The molecule has 0 bridgehead atoms. The van der Waals surface area contributed by atoms with E-state index in [0.717, 1.165) is 0 Å². The lowest BCUT2D eigenvalue weighted by molar-refractivity contribution is 0.443. The van der Waals surface area contributed by atoms with Crippen LogP contribution in [0, 0.1) is 45.2 Å². The molecule has 1 atom stereocenters. The topological polar surface area (TPSA) is 139 Å². The quantitative estimate of drug-likeness (QED) is 0.332. The zero-order chi connectivity index (χ0) is 27.8. The van der Waals surface area contributed by atoms with Crippen LogP contribution in [-0.2, 0) is 5.54 Å². The number of nitrogens with one attached hydrogen (secondary N) is 2. The lowest BCUT2D eigenvalue weighted by Gasteiger charge is -2.23. The summed E-state index contributed by atoms with van der Waals surface area (Å²) in [6.07, 6.45) is 4.64. The number of hydrogen-bond acceptors (Lipinski definition) is 8. The number of benzene rings is 2. The molecule has 10 heteroatoms. The third-order valence-corrected chi connectivity index (χ3v) is 6.70. The number of hydrogen-bond donors (Lipinski definition) is 2. The Morgan fingerprint density at radius 3 is 2.46 bits per heavy atom. The van der Waals surface area contributed by atoms with E-state index in [1.54, 1.807) is 35.1 Å². The first-order valence-corrected chi connectivity index (χ1v) is 12.5. The van der Waals surface area contributed by atoms with E-state index in [1.807, 2.05) is 0 Å². The fourth-order valence-electron chi connectivity index (χ4n) is 4.37. The molecule has 0 unspecified atom stereocenters. The van der Waals surface area contributed by atoms with Gasteiger partial charge < -0.3 is 10.6 Å². The Labute approximate surface area is 225 Å². The molecule has 2 aromatic carbocycles. The molecule has 1 aliphatic carbocycles. The molecule has 0 saturated heterocycles. The van der Waals surface area contributed by atoms with Gasteiger partial charge in [-0.2, -0.15) is 15.8 Å². The first-order chi connectivity index (χ1) is 18.7. The Bertz CT molecular complexity index is 1670. The maximum Gasteiger partial charge on any atom is 0.150 e. The summed E-state index contributed by atoms with van der Waals surface area (Å²) < 4.78 is 15.4. The highest BCUT2D eigenvalue weighted by atomic mass is 19.1. The minimum absolute atomic E-state index is 0.0575. The van der Waals surface area contributed by atoms with E-state index >= 15 is 0 Å². The molecule has 0 aliphatic heterocycles. The van der Waals surface area contributed by atoms with Gasteiger partial charge in [-0.05, 0) is 48.1 Å². The second kappa shape index (κ2) is 9.70. The zero-order valence-electron chi connectivity index (χ0n) is 21.8. The summed E-state index contributed by atoms with van der Waals surface area (Å²) >= 11 is 0. The van der Waals surface area contributed by atoms with E-state index in [4.69, 9.17) is 0 Å². The number of fused-ring (bicyclic) bond motifs is 1. The predicted octanol–water partition coefficient (Wildman–Crippen LogP) is 5.38. The summed E-state index contributed by atoms with van der Waals surface area (Å²) in [4.78, 5) is 4.58. The summed E-state index contributed by atoms with van der Waals surface area (Å²) in [5.74, 6) is -0.375. The molecular weight excluding hydrogens is 493 g/mol. The molecule has 0 radical (unpaired) electrons. The smallest absolute Gasteiger partial charge is 0.150 e. The average Bonchev–Trinajstić information content (AvgIpc) is 3.57. The number of nitriles is 3. The first kappa shape index (κ1) is 25.6. The second-order valence-electron chi connectivity index (χ2n) is 11.0. The molecule has 1 aliphatic rings. The molecular formula is C29H26FN9. The summed E-state index contributed by atoms with van der Waals surface area (Å²) in [5, 5.41) is 45.3. The highest BCUT2D eigenvalue weighted by molar-refractivity contribution is 6.01. The van der Waals surface area contributed by atoms with Crippen molar-refractivity contribution in [3.63, 3.8) is 0 Å². The van der Waals surface area contributed by atoms with Gasteiger partial charge in [0.2, 0.25) is 0 Å². The number of anilines is 2. The van der Waals surface area contributed by atoms with Gasteiger partial charge >= 0.3 is 0 Å². The van der Waals surface area contributed by atoms with Crippen molar-refractivity contribution in [2.75, 3.05) is 17.2 Å². The molecule has 2 N–H and O–H groups in total. The van der Waals surface area contributed by atoms with Gasteiger partial charge in [0, 0.05) is 18.1 Å². The van der Waals surface area contributed by atoms with Crippen molar-refractivity contribution in [3.05, 3.63) is 77.0 Å². The van der Waals surface area contributed by atoms with Gasteiger partial charge in [0.25, 0.3) is 0 Å². The van der Waals surface area contributed by atoms with Crippen molar-refractivity contribution < 1.29 is 4.39 Å². The standard InChI is InChI=1S/C29H26FN9/c1-28(2,3)17-35-25-20(13-32)14-34-27-22(25)10-18(12-31)11-23(27)36-26(19-4-6-21(30)7-5-19)24-15-39(38-37-24)29(16-33)8-9-29/h4-7,10-11,14-15,26,36H,8-9,17H2,1-3H3,(H,34,35)/t26-/m0/s1. The highest BCUT2D eigenvalue weighted by Crippen LogP contribution is 2.43. The van der Waals surface area contributed by atoms with Gasteiger partial charge in [-0.1, -0.05) is 38.1 Å². The van der Waals surface area contributed by atoms with Crippen LogP contribution in [0.1, 0.15) is 62.0 Å². The molecule has 1 fully saturated rings. The lowest BCUT2D eigenvalue weighted by atomic mass is 9.96. The van der Waals surface area contributed by atoms with E-state index in [9.17, 15) is 20.2 Å². The Morgan fingerprint density at radius 1 is 1.10 bits per heavy atom. The van der Waals surface area contributed by atoms with Crippen LogP contribution >= 0.6 is 0 Å². The fourth-order valence-corrected chi connectivity index (χ4v) is 4.37. The van der Waals surface area contributed by atoms with E-state index in [1.165, 1.54) is 18.3 Å². The first-order valence-electron chi connectivity index (χ1n) is 12.5. The van der Waals surface area contributed by atoms with Gasteiger partial charge in [-0.3, -0.25) is 4.98 Å². The third kappa shape index (κ3) is 5.08. The Hall–Kier alpha value is -5.01. The summed E-state index contributed by atoms with van der Waals surface area (Å²) in [5.41, 5.74) is 2.94. The number of halogens is 1. The maximum absolute atomic E-state index is 13.8. The van der Waals surface area contributed by atoms with E-state index in [2.05, 4.69) is 64.9 Å². The number of nitrogens with zero attached hydrogens (tertiary/aromatic N) is 7. The zero-order valence-corrected chi connectivity index (χ0v) is 21.8. The van der Waals surface area contributed by atoms with E-state index < -0.39 is 11.6 Å². The molecule has 2 aromatic heterocycles. The molecule has 4 aromatic rings. The highest BCUT2D eigenvalue weighted by Gasteiger charge is 2.46. The van der Waals surface area contributed by atoms with Crippen molar-refractivity contribution in [3.8, 4) is 18.2 Å². The molecule has 9 nitrogen and oxygen atoms in total. The van der Waals surface area contributed by atoms with E-state index in [0.29, 0.717) is 64.0 Å². The van der Waals surface area contributed by atoms with Crippen LogP contribution in [0.3, 0.4) is 0 Å². The minimum atomic E-state index is -0.686. The lowest BCUT2D eigenvalue weighted by Crippen LogP contribution is -2.20. The van der Waals surface area contributed by atoms with Gasteiger partial charge in [0.1, 0.15) is 17.6 Å². The number of aromatic nitrogens is 4. The summed E-state index contributed by atoms with van der Waals surface area (Å²) in [7, 11) is 0. The molecule has 1 saturated carbocycles. The van der Waals surface area contributed by atoms with Crippen molar-refractivity contribution >= 4 is 22.3 Å². The maximum atomic E-state index is 13.8. The Kier molecular flexibility index (Phi) is 6.38. The van der Waals surface area contributed by atoms with Gasteiger partial charge in [0.15, 0.2) is 5.54 Å². The van der Waals surface area contributed by atoms with Crippen LogP contribution in [0.4, 0.5) is 15.8 Å². The molecule has 2 heterocycles. The number of rotatable bonds is 7. The van der Waals surface area contributed by atoms with Crippen LogP contribution in [0.5, 0.6) is 0 Å². The summed E-state index contributed by atoms with van der Waals surface area (Å²) in [6.45, 7) is 6.85. The van der Waals surface area contributed by atoms with Crippen LogP contribution in [0.2, 0.25) is 0 Å². The van der Waals surface area contributed by atoms with Gasteiger partial charge in [-0.15, -0.1) is 5.10 Å². The Morgan fingerprint density at radius 2 is 1.85 bits per heavy atom. The molecule has 39 heavy (non-hydrogen) atoms.